The van der Waals surface area contributed by atoms with Crippen LogP contribution in [-0.2, 0) is 16.0 Å². The van der Waals surface area contributed by atoms with Gasteiger partial charge < -0.3 is 10.0 Å². The van der Waals surface area contributed by atoms with Crippen molar-refractivity contribution in [2.75, 3.05) is 13.1 Å². The molecule has 0 radical (unpaired) electrons. The number of rotatable bonds is 8. The first-order valence-electron chi connectivity index (χ1n) is 7.23. The highest BCUT2D eigenvalue weighted by molar-refractivity contribution is 5.81. The Balaban J connectivity index is 2.51. The molecule has 122 valence electrons. The predicted molar refractivity (Wildman–Crippen MR) is 78.3 cm³/mol. The fourth-order valence-corrected chi connectivity index (χ4v) is 2.16. The van der Waals surface area contributed by atoms with Crippen LogP contribution in [0.5, 0.6) is 0 Å². The first-order valence-corrected chi connectivity index (χ1v) is 7.23. The first kappa shape index (κ1) is 18.1. The maximum absolute atomic E-state index is 13.1. The molecule has 0 heterocycles. The van der Waals surface area contributed by atoms with Crippen molar-refractivity contribution in [3.63, 3.8) is 0 Å². The number of carboxylic acid groups (broad SMARTS) is 1. The van der Waals surface area contributed by atoms with E-state index in [-0.39, 0.29) is 24.8 Å². The van der Waals surface area contributed by atoms with Gasteiger partial charge in [0, 0.05) is 13.0 Å². The molecular formula is C16H21F2NO3. The Bertz CT molecular complexity index is 532. The van der Waals surface area contributed by atoms with Crippen LogP contribution in [0.15, 0.2) is 18.2 Å². The molecule has 22 heavy (non-hydrogen) atoms. The van der Waals surface area contributed by atoms with Gasteiger partial charge in [0.25, 0.3) is 0 Å². The second-order valence-electron chi connectivity index (χ2n) is 5.66. The Labute approximate surface area is 128 Å². The molecule has 1 rings (SSSR count). The number of carbonyl (C=O) groups excluding carboxylic acids is 1. The summed E-state index contributed by atoms with van der Waals surface area (Å²) in [5, 5.41) is 8.83. The molecule has 1 aromatic carbocycles. The lowest BCUT2D eigenvalue weighted by atomic mass is 10.1. The van der Waals surface area contributed by atoms with Crippen LogP contribution >= 0.6 is 0 Å². The third-order valence-electron chi connectivity index (χ3n) is 3.10. The molecule has 0 unspecified atom stereocenters. The molecule has 0 aliphatic heterocycles. The topological polar surface area (TPSA) is 57.6 Å². The van der Waals surface area contributed by atoms with Gasteiger partial charge in [0.05, 0.1) is 0 Å². The van der Waals surface area contributed by atoms with E-state index in [2.05, 4.69) is 0 Å². The van der Waals surface area contributed by atoms with Gasteiger partial charge >= 0.3 is 5.97 Å². The predicted octanol–water partition coefficient (Wildman–Crippen LogP) is 2.86. The average Bonchev–Trinajstić information content (AvgIpc) is 2.41. The highest BCUT2D eigenvalue weighted by Crippen LogP contribution is 2.12. The van der Waals surface area contributed by atoms with E-state index in [0.29, 0.717) is 24.9 Å². The monoisotopic (exact) mass is 313 g/mol. The molecule has 0 spiro atoms. The van der Waals surface area contributed by atoms with E-state index in [1.807, 2.05) is 13.8 Å². The van der Waals surface area contributed by atoms with Crippen molar-refractivity contribution >= 4 is 11.9 Å². The van der Waals surface area contributed by atoms with Gasteiger partial charge in [0.15, 0.2) is 11.6 Å². The molecule has 0 saturated heterocycles. The van der Waals surface area contributed by atoms with E-state index in [0.717, 1.165) is 12.1 Å². The number of carboxylic acids is 1. The maximum Gasteiger partial charge on any atom is 0.323 e. The first-order chi connectivity index (χ1) is 10.3. The van der Waals surface area contributed by atoms with Crippen LogP contribution in [0, 0.1) is 17.6 Å². The molecule has 0 aliphatic rings. The quantitative estimate of drug-likeness (QED) is 0.803. The number of benzene rings is 1. The van der Waals surface area contributed by atoms with Gasteiger partial charge in [-0.1, -0.05) is 19.9 Å². The lowest BCUT2D eigenvalue weighted by Crippen LogP contribution is -2.38. The second kappa shape index (κ2) is 8.46. The number of hydrogen-bond acceptors (Lipinski definition) is 2. The van der Waals surface area contributed by atoms with Crippen molar-refractivity contribution in [2.24, 2.45) is 5.92 Å². The highest BCUT2D eigenvalue weighted by Gasteiger charge is 2.17. The van der Waals surface area contributed by atoms with Crippen LogP contribution in [0.3, 0.4) is 0 Å². The van der Waals surface area contributed by atoms with Gasteiger partial charge in [-0.2, -0.15) is 0 Å². The Hall–Kier alpha value is -1.98. The number of aliphatic carboxylic acids is 1. The van der Waals surface area contributed by atoms with Gasteiger partial charge in [-0.25, -0.2) is 8.78 Å². The van der Waals surface area contributed by atoms with Crippen molar-refractivity contribution in [2.45, 2.75) is 33.1 Å². The summed E-state index contributed by atoms with van der Waals surface area (Å²) in [5.74, 6) is -2.91. The minimum Gasteiger partial charge on any atom is -0.480 e. The smallest absolute Gasteiger partial charge is 0.323 e. The molecule has 6 heteroatoms. The average molecular weight is 313 g/mol. The number of halogens is 2. The normalized spacial score (nSPS) is 10.8. The van der Waals surface area contributed by atoms with E-state index in [9.17, 15) is 18.4 Å². The fourth-order valence-electron chi connectivity index (χ4n) is 2.16. The van der Waals surface area contributed by atoms with Gasteiger partial charge in [0.2, 0.25) is 5.91 Å². The Morgan fingerprint density at radius 3 is 2.45 bits per heavy atom. The molecule has 1 aromatic rings. The summed E-state index contributed by atoms with van der Waals surface area (Å²) >= 11 is 0. The summed E-state index contributed by atoms with van der Waals surface area (Å²) in [6.07, 6.45) is 1.07. The molecule has 1 amide bonds. The Kier molecular flexibility index (Phi) is 6.95. The van der Waals surface area contributed by atoms with Gasteiger partial charge in [-0.15, -0.1) is 0 Å². The van der Waals surface area contributed by atoms with E-state index in [1.165, 1.54) is 11.0 Å². The molecular weight excluding hydrogens is 292 g/mol. The number of hydrogen-bond donors (Lipinski definition) is 1. The summed E-state index contributed by atoms with van der Waals surface area (Å²) in [6, 6.07) is 3.65. The van der Waals surface area contributed by atoms with Crippen LogP contribution in [0.1, 0.15) is 32.3 Å². The lowest BCUT2D eigenvalue weighted by molar-refractivity contribution is -0.144. The summed E-state index contributed by atoms with van der Waals surface area (Å²) < 4.78 is 25.9. The summed E-state index contributed by atoms with van der Waals surface area (Å²) in [6.45, 7) is 3.88. The van der Waals surface area contributed by atoms with Crippen LogP contribution in [0.25, 0.3) is 0 Å². The highest BCUT2D eigenvalue weighted by atomic mass is 19.2. The zero-order chi connectivity index (χ0) is 16.7. The minimum absolute atomic E-state index is 0.175. The summed E-state index contributed by atoms with van der Waals surface area (Å²) in [5.41, 5.74) is 0.611. The maximum atomic E-state index is 13.1. The lowest BCUT2D eigenvalue weighted by Gasteiger charge is -2.22. The van der Waals surface area contributed by atoms with Gasteiger partial charge in [0.1, 0.15) is 6.54 Å². The standard InChI is InChI=1S/C16H21F2NO3/c1-11(2)9-19(10-16(21)22)15(20)5-3-4-12-6-7-13(17)14(18)8-12/h6-8,11H,3-5,9-10H2,1-2H3,(H,21,22). The zero-order valence-corrected chi connectivity index (χ0v) is 12.8. The molecule has 0 aromatic heterocycles. The van der Waals surface area contributed by atoms with Gasteiger partial charge in [-0.3, -0.25) is 9.59 Å². The van der Waals surface area contributed by atoms with E-state index >= 15 is 0 Å². The van der Waals surface area contributed by atoms with Crippen LogP contribution in [0.2, 0.25) is 0 Å². The van der Waals surface area contributed by atoms with Crippen LogP contribution < -0.4 is 0 Å². The SMILES string of the molecule is CC(C)CN(CC(=O)O)C(=O)CCCc1ccc(F)c(F)c1. The third-order valence-corrected chi connectivity index (χ3v) is 3.10. The van der Waals surface area contributed by atoms with Crippen LogP contribution in [0.4, 0.5) is 8.78 Å². The molecule has 0 bridgehead atoms. The Morgan fingerprint density at radius 2 is 1.91 bits per heavy atom. The number of amides is 1. The van der Waals surface area contributed by atoms with E-state index < -0.39 is 17.6 Å². The van der Waals surface area contributed by atoms with Crippen molar-refractivity contribution in [3.8, 4) is 0 Å². The van der Waals surface area contributed by atoms with Crippen LogP contribution in [-0.4, -0.2) is 35.0 Å². The van der Waals surface area contributed by atoms with E-state index in [4.69, 9.17) is 5.11 Å². The molecule has 0 fully saturated rings. The molecule has 1 N–H and O–H groups in total. The zero-order valence-electron chi connectivity index (χ0n) is 12.8. The molecule has 0 aliphatic carbocycles. The number of carbonyl (C=O) groups is 2. The second-order valence-corrected chi connectivity index (χ2v) is 5.66. The number of aryl methyl sites for hydroxylation is 1. The Morgan fingerprint density at radius 1 is 1.23 bits per heavy atom. The minimum atomic E-state index is -1.05. The molecule has 0 saturated carbocycles. The molecule has 0 atom stereocenters. The summed E-state index contributed by atoms with van der Waals surface area (Å²) in [7, 11) is 0. The van der Waals surface area contributed by atoms with Crippen molar-refractivity contribution in [3.05, 3.63) is 35.4 Å². The molecule has 4 nitrogen and oxygen atoms in total. The third kappa shape index (κ3) is 6.20. The summed E-state index contributed by atoms with van der Waals surface area (Å²) in [4.78, 5) is 24.2. The van der Waals surface area contributed by atoms with Gasteiger partial charge in [-0.05, 0) is 36.5 Å². The van der Waals surface area contributed by atoms with Crippen molar-refractivity contribution in [1.82, 2.24) is 4.90 Å². The fraction of sp³-hybridized carbons (Fsp3) is 0.500. The van der Waals surface area contributed by atoms with Crippen molar-refractivity contribution < 1.29 is 23.5 Å². The van der Waals surface area contributed by atoms with Crippen molar-refractivity contribution in [1.29, 1.82) is 0 Å². The number of nitrogens with zero attached hydrogens (tertiary/aromatic N) is 1. The van der Waals surface area contributed by atoms with E-state index in [1.54, 1.807) is 0 Å². The largest absolute Gasteiger partial charge is 0.480 e.